The Balaban J connectivity index is 1.28. The van der Waals surface area contributed by atoms with Crippen LogP contribution in [0, 0.1) is 17.1 Å². The normalized spacial score (nSPS) is 13.8. The lowest BCUT2D eigenvalue weighted by Gasteiger charge is -2.26. The predicted molar refractivity (Wildman–Crippen MR) is 147 cm³/mol. The molecule has 0 saturated heterocycles. The number of allylic oxidation sites excluding steroid dienone is 1. The highest BCUT2D eigenvalue weighted by atomic mass is 19.1. The van der Waals surface area contributed by atoms with E-state index in [2.05, 4.69) is 6.07 Å². The molecule has 0 bridgehead atoms. The molecule has 5 rings (SSSR count). The molecule has 1 aliphatic heterocycles. The Kier molecular flexibility index (Phi) is 8.02. The maximum atomic E-state index is 13.1. The fourth-order valence-electron chi connectivity index (χ4n) is 4.32. The average Bonchev–Trinajstić information content (AvgIpc) is 2.99. The molecule has 8 nitrogen and oxygen atoms in total. The highest BCUT2D eigenvalue weighted by molar-refractivity contribution is 5.74. The number of esters is 1. The Morgan fingerprint density at radius 2 is 1.54 bits per heavy atom. The topological polar surface area (TPSA) is 113 Å². The molecule has 4 aromatic carbocycles. The Labute approximate surface area is 235 Å². The van der Waals surface area contributed by atoms with E-state index in [-0.39, 0.29) is 36.2 Å². The van der Waals surface area contributed by atoms with Gasteiger partial charge in [0.15, 0.2) is 6.61 Å². The van der Waals surface area contributed by atoms with Crippen molar-refractivity contribution < 1.29 is 32.9 Å². The standard InChI is InChI=1S/C32H25FN2O6/c1-37-23-10-12-25(13-11-23)39-19-30(36)40-26-14-15-27-29(16-26)41-32(35)28(17-34)31(27)21-4-8-24(9-5-21)38-18-20-2-6-22(33)7-3-20/h2-16,31H,18-19,35H2,1H3. The summed E-state index contributed by atoms with van der Waals surface area (Å²) in [5, 5.41) is 9.85. The van der Waals surface area contributed by atoms with Crippen molar-refractivity contribution in [2.75, 3.05) is 13.7 Å². The van der Waals surface area contributed by atoms with Crippen molar-refractivity contribution in [3.05, 3.63) is 125 Å². The zero-order chi connectivity index (χ0) is 28.8. The quantitative estimate of drug-likeness (QED) is 0.210. The minimum atomic E-state index is -0.606. The molecule has 206 valence electrons. The zero-order valence-corrected chi connectivity index (χ0v) is 22.0. The summed E-state index contributed by atoms with van der Waals surface area (Å²) in [5.74, 6) is 0.934. The number of benzene rings is 4. The Morgan fingerprint density at radius 1 is 0.902 bits per heavy atom. The van der Waals surface area contributed by atoms with Gasteiger partial charge in [0, 0.05) is 11.6 Å². The van der Waals surface area contributed by atoms with Gasteiger partial charge in [0.1, 0.15) is 52.8 Å². The lowest BCUT2D eigenvalue weighted by molar-refractivity contribution is -0.136. The predicted octanol–water partition coefficient (Wildman–Crippen LogP) is 5.62. The highest BCUT2D eigenvalue weighted by Crippen LogP contribution is 2.43. The smallest absolute Gasteiger partial charge is 0.349 e. The molecule has 41 heavy (non-hydrogen) atoms. The third-order valence-electron chi connectivity index (χ3n) is 6.37. The van der Waals surface area contributed by atoms with E-state index in [0.717, 1.165) is 11.1 Å². The first-order chi connectivity index (χ1) is 19.9. The second-order valence-corrected chi connectivity index (χ2v) is 9.05. The molecule has 4 aromatic rings. The summed E-state index contributed by atoms with van der Waals surface area (Å²) in [4.78, 5) is 12.4. The van der Waals surface area contributed by atoms with Crippen LogP contribution >= 0.6 is 0 Å². The van der Waals surface area contributed by atoms with Gasteiger partial charge < -0.3 is 29.4 Å². The molecular weight excluding hydrogens is 527 g/mol. The number of hydrogen-bond acceptors (Lipinski definition) is 8. The van der Waals surface area contributed by atoms with Crippen molar-refractivity contribution in [3.8, 4) is 34.8 Å². The second-order valence-electron chi connectivity index (χ2n) is 9.05. The molecular formula is C32H25FN2O6. The van der Waals surface area contributed by atoms with Crippen LogP contribution in [0.25, 0.3) is 0 Å². The van der Waals surface area contributed by atoms with Crippen LogP contribution in [-0.2, 0) is 11.4 Å². The monoisotopic (exact) mass is 552 g/mol. The molecule has 0 aliphatic carbocycles. The number of nitrogens with zero attached hydrogens (tertiary/aromatic N) is 1. The number of nitriles is 1. The highest BCUT2D eigenvalue weighted by Gasteiger charge is 2.31. The molecule has 0 saturated carbocycles. The van der Waals surface area contributed by atoms with E-state index in [1.807, 2.05) is 12.1 Å². The third-order valence-corrected chi connectivity index (χ3v) is 6.37. The summed E-state index contributed by atoms with van der Waals surface area (Å²) in [7, 11) is 1.56. The molecule has 1 heterocycles. The number of ether oxygens (including phenoxy) is 5. The summed E-state index contributed by atoms with van der Waals surface area (Å²) in [6.45, 7) is -0.0221. The maximum absolute atomic E-state index is 13.1. The molecule has 0 fully saturated rings. The van der Waals surface area contributed by atoms with Crippen molar-refractivity contribution in [3.63, 3.8) is 0 Å². The number of methoxy groups -OCH3 is 1. The van der Waals surface area contributed by atoms with Gasteiger partial charge in [-0.05, 0) is 65.7 Å². The van der Waals surface area contributed by atoms with Crippen molar-refractivity contribution in [1.29, 1.82) is 5.26 Å². The van der Waals surface area contributed by atoms with Crippen molar-refractivity contribution in [2.24, 2.45) is 5.73 Å². The van der Waals surface area contributed by atoms with Gasteiger partial charge in [-0.3, -0.25) is 0 Å². The Hall–Kier alpha value is -5.49. The zero-order valence-electron chi connectivity index (χ0n) is 22.0. The van der Waals surface area contributed by atoms with Gasteiger partial charge in [-0.15, -0.1) is 0 Å². The summed E-state index contributed by atoms with van der Waals surface area (Å²) in [6.07, 6.45) is 0. The average molecular weight is 553 g/mol. The van der Waals surface area contributed by atoms with Crippen molar-refractivity contribution >= 4 is 5.97 Å². The van der Waals surface area contributed by atoms with E-state index in [4.69, 9.17) is 29.4 Å². The molecule has 0 spiro atoms. The van der Waals surface area contributed by atoms with Gasteiger partial charge in [-0.1, -0.05) is 30.3 Å². The van der Waals surface area contributed by atoms with E-state index in [0.29, 0.717) is 28.6 Å². The number of carbonyl (C=O) groups excluding carboxylic acids is 1. The van der Waals surface area contributed by atoms with Gasteiger partial charge >= 0.3 is 5.97 Å². The van der Waals surface area contributed by atoms with Crippen LogP contribution in [0.1, 0.15) is 22.6 Å². The number of fused-ring (bicyclic) bond motifs is 1. The van der Waals surface area contributed by atoms with E-state index >= 15 is 0 Å². The van der Waals surface area contributed by atoms with Crippen LogP contribution in [0.3, 0.4) is 0 Å². The second kappa shape index (κ2) is 12.1. The van der Waals surface area contributed by atoms with Gasteiger partial charge in [-0.2, -0.15) is 5.26 Å². The first-order valence-corrected chi connectivity index (χ1v) is 12.6. The molecule has 1 atom stereocenters. The number of halogens is 1. The maximum Gasteiger partial charge on any atom is 0.349 e. The number of nitrogens with two attached hydrogens (primary N) is 1. The van der Waals surface area contributed by atoms with Crippen molar-refractivity contribution in [2.45, 2.75) is 12.5 Å². The van der Waals surface area contributed by atoms with E-state index < -0.39 is 11.9 Å². The van der Waals surface area contributed by atoms with Crippen molar-refractivity contribution in [1.82, 2.24) is 0 Å². The van der Waals surface area contributed by atoms with Crippen LogP contribution in [0.15, 0.2) is 102 Å². The van der Waals surface area contributed by atoms with Crippen LogP contribution in [0.4, 0.5) is 4.39 Å². The molecule has 0 radical (unpaired) electrons. The minimum Gasteiger partial charge on any atom is -0.497 e. The van der Waals surface area contributed by atoms with Crippen LogP contribution in [0.2, 0.25) is 0 Å². The van der Waals surface area contributed by atoms with E-state index in [1.165, 1.54) is 12.1 Å². The summed E-state index contributed by atoms with van der Waals surface area (Å²) in [5.41, 5.74) is 8.69. The number of hydrogen-bond donors (Lipinski definition) is 1. The molecule has 0 amide bonds. The molecule has 1 unspecified atom stereocenters. The Morgan fingerprint density at radius 3 is 2.22 bits per heavy atom. The summed E-state index contributed by atoms with van der Waals surface area (Å²) >= 11 is 0. The third kappa shape index (κ3) is 6.40. The number of carbonyl (C=O) groups is 1. The van der Waals surface area contributed by atoms with Gasteiger partial charge in [0.05, 0.1) is 13.0 Å². The lowest BCUT2D eigenvalue weighted by atomic mass is 9.83. The van der Waals surface area contributed by atoms with Crippen LogP contribution in [-0.4, -0.2) is 19.7 Å². The SMILES string of the molecule is COc1ccc(OCC(=O)Oc2ccc3c(c2)OC(N)=C(C#N)C3c2ccc(OCc3ccc(F)cc3)cc2)cc1. The summed E-state index contributed by atoms with van der Waals surface area (Å²) in [6, 6.07) is 27.2. The fourth-order valence-corrected chi connectivity index (χ4v) is 4.32. The van der Waals surface area contributed by atoms with Gasteiger partial charge in [-0.25, -0.2) is 9.18 Å². The lowest BCUT2D eigenvalue weighted by Crippen LogP contribution is -2.21. The largest absolute Gasteiger partial charge is 0.497 e. The Bertz CT molecular complexity index is 1610. The van der Waals surface area contributed by atoms with Gasteiger partial charge in [0.2, 0.25) is 5.88 Å². The first-order valence-electron chi connectivity index (χ1n) is 12.6. The molecule has 9 heteroatoms. The van der Waals surface area contributed by atoms with E-state index in [9.17, 15) is 14.4 Å². The fraction of sp³-hybridized carbons (Fsp3) is 0.125. The number of rotatable bonds is 9. The molecule has 0 aromatic heterocycles. The van der Waals surface area contributed by atoms with Crippen LogP contribution in [0.5, 0.6) is 28.7 Å². The minimum absolute atomic E-state index is 0.0343. The summed E-state index contributed by atoms with van der Waals surface area (Å²) < 4.78 is 40.7. The van der Waals surface area contributed by atoms with Crippen LogP contribution < -0.4 is 29.4 Å². The molecule has 2 N–H and O–H groups in total. The molecule has 1 aliphatic rings. The van der Waals surface area contributed by atoms with Gasteiger partial charge in [0.25, 0.3) is 0 Å². The van der Waals surface area contributed by atoms with E-state index in [1.54, 1.807) is 73.8 Å². The first kappa shape index (κ1) is 27.1.